The molecule has 3 N–H and O–H groups in total. The number of anilines is 1. The molecule has 0 spiro atoms. The van der Waals surface area contributed by atoms with Crippen LogP contribution in [0.15, 0.2) is 6.33 Å². The highest BCUT2D eigenvalue weighted by molar-refractivity contribution is 8.00. The van der Waals surface area contributed by atoms with Gasteiger partial charge < -0.3 is 15.5 Å². The fourth-order valence-electron chi connectivity index (χ4n) is 2.31. The van der Waals surface area contributed by atoms with Gasteiger partial charge in [0.25, 0.3) is 0 Å². The topological polar surface area (TPSA) is 96.1 Å². The lowest BCUT2D eigenvalue weighted by molar-refractivity contribution is 0.0206. The van der Waals surface area contributed by atoms with Crippen molar-refractivity contribution >= 4 is 40.3 Å². The van der Waals surface area contributed by atoms with E-state index in [9.17, 15) is 10.2 Å². The minimum absolute atomic E-state index is 0.0615. The zero-order valence-corrected chi connectivity index (χ0v) is 12.4. The van der Waals surface area contributed by atoms with Gasteiger partial charge in [0, 0.05) is 12.3 Å². The Balaban J connectivity index is 2.11. The van der Waals surface area contributed by atoms with E-state index in [1.807, 2.05) is 6.92 Å². The van der Waals surface area contributed by atoms with Gasteiger partial charge in [0.05, 0.1) is 12.4 Å². The molecule has 1 fully saturated rings. The number of halogens is 1. The minimum Gasteiger partial charge on any atom is -0.389 e. The molecule has 1 aliphatic heterocycles. The molecule has 0 aromatic carbocycles. The average Bonchev–Trinajstić information content (AvgIpc) is 2.94. The summed E-state index contributed by atoms with van der Waals surface area (Å²) in [6.45, 7) is 1.87. The van der Waals surface area contributed by atoms with Gasteiger partial charge in [-0.1, -0.05) is 6.92 Å². The van der Waals surface area contributed by atoms with Crippen molar-refractivity contribution in [2.24, 2.45) is 0 Å². The van der Waals surface area contributed by atoms with Crippen LogP contribution in [0.2, 0.25) is 5.28 Å². The van der Waals surface area contributed by atoms with E-state index in [4.69, 9.17) is 11.6 Å². The van der Waals surface area contributed by atoms with Crippen LogP contribution in [0.1, 0.15) is 12.3 Å². The Hall–Kier alpha value is -1.09. The van der Waals surface area contributed by atoms with Gasteiger partial charge in [-0.2, -0.15) is 9.97 Å². The molecule has 1 aliphatic rings. The van der Waals surface area contributed by atoms with Gasteiger partial charge in [-0.15, -0.1) is 11.8 Å². The highest BCUT2D eigenvalue weighted by atomic mass is 35.5. The zero-order valence-electron chi connectivity index (χ0n) is 10.9. The van der Waals surface area contributed by atoms with E-state index < -0.39 is 12.2 Å². The molecule has 0 amide bonds. The smallest absolute Gasteiger partial charge is 0.226 e. The summed E-state index contributed by atoms with van der Waals surface area (Å²) in [6, 6.07) is 0. The van der Waals surface area contributed by atoms with Gasteiger partial charge in [-0.25, -0.2) is 4.98 Å². The van der Waals surface area contributed by atoms with Crippen LogP contribution in [0.5, 0.6) is 0 Å². The Bertz CT molecular complexity index is 651. The Morgan fingerprint density at radius 3 is 2.70 bits per heavy atom. The normalized spacial score (nSPS) is 30.1. The van der Waals surface area contributed by atoms with E-state index in [0.717, 1.165) is 0 Å². The van der Waals surface area contributed by atoms with Crippen molar-refractivity contribution in [2.75, 3.05) is 12.4 Å². The van der Waals surface area contributed by atoms with Crippen LogP contribution in [0, 0.1) is 0 Å². The van der Waals surface area contributed by atoms with Crippen molar-refractivity contribution in [3.05, 3.63) is 11.6 Å². The van der Waals surface area contributed by atoms with Gasteiger partial charge >= 0.3 is 0 Å². The molecule has 1 saturated heterocycles. The molecule has 9 heteroatoms. The molecule has 0 unspecified atom stereocenters. The first-order valence-electron chi connectivity index (χ1n) is 6.12. The number of aliphatic hydroxyl groups is 2. The minimum atomic E-state index is -0.876. The number of thioether (sulfide) groups is 1. The van der Waals surface area contributed by atoms with E-state index in [-0.39, 0.29) is 15.9 Å². The van der Waals surface area contributed by atoms with E-state index in [0.29, 0.717) is 17.0 Å². The molecule has 3 rings (SSSR count). The molecule has 3 heterocycles. The van der Waals surface area contributed by atoms with Crippen molar-refractivity contribution in [1.82, 2.24) is 19.5 Å². The largest absolute Gasteiger partial charge is 0.389 e. The van der Waals surface area contributed by atoms with Crippen molar-refractivity contribution in [2.45, 2.75) is 29.8 Å². The van der Waals surface area contributed by atoms with Crippen molar-refractivity contribution in [3.63, 3.8) is 0 Å². The molecule has 4 atom stereocenters. The number of nitrogens with one attached hydrogen (secondary N) is 1. The highest BCUT2D eigenvalue weighted by Gasteiger charge is 2.41. The number of hydrogen-bond acceptors (Lipinski definition) is 7. The first-order chi connectivity index (χ1) is 9.52. The summed E-state index contributed by atoms with van der Waals surface area (Å²) in [5.41, 5.74) is 1.12. The third kappa shape index (κ3) is 2.03. The maximum Gasteiger partial charge on any atom is 0.226 e. The number of fused-ring (bicyclic) bond motifs is 1. The molecule has 2 aromatic heterocycles. The van der Waals surface area contributed by atoms with Crippen molar-refractivity contribution in [1.29, 1.82) is 0 Å². The number of hydrogen-bond donors (Lipinski definition) is 3. The lowest BCUT2D eigenvalue weighted by Gasteiger charge is -2.17. The summed E-state index contributed by atoms with van der Waals surface area (Å²) < 4.78 is 1.73. The third-order valence-electron chi connectivity index (χ3n) is 3.38. The van der Waals surface area contributed by atoms with Crippen LogP contribution < -0.4 is 5.32 Å². The van der Waals surface area contributed by atoms with E-state index in [2.05, 4.69) is 20.3 Å². The molecule has 0 bridgehead atoms. The van der Waals surface area contributed by atoms with E-state index >= 15 is 0 Å². The summed E-state index contributed by atoms with van der Waals surface area (Å²) in [5.74, 6) is 0.532. The van der Waals surface area contributed by atoms with Gasteiger partial charge in [-0.05, 0) is 11.6 Å². The average molecular weight is 316 g/mol. The van der Waals surface area contributed by atoms with Crippen LogP contribution in [-0.2, 0) is 0 Å². The Morgan fingerprint density at radius 1 is 1.35 bits per heavy atom. The Labute approximate surface area is 124 Å². The molecule has 0 saturated carbocycles. The Morgan fingerprint density at radius 2 is 2.10 bits per heavy atom. The molecule has 20 heavy (non-hydrogen) atoms. The molecular weight excluding hydrogens is 302 g/mol. The lowest BCUT2D eigenvalue weighted by atomic mass is 10.1. The van der Waals surface area contributed by atoms with Crippen LogP contribution in [0.25, 0.3) is 11.2 Å². The fraction of sp³-hybridized carbons (Fsp3) is 0.545. The molecular formula is C11H14ClN5O2S. The third-order valence-corrected chi connectivity index (χ3v) is 5.04. The standard InChI is InChI=1S/C11H14ClN5O2S/c1-4-6(18)7(19)10(20-4)17-3-14-5-8(13-2)15-11(12)16-9(5)17/h3-4,6-7,10,18-19H,1-2H3,(H,13,15,16)/t4-,6+,7+,10-/m0/s1. The Kier molecular flexibility index (Phi) is 3.49. The van der Waals surface area contributed by atoms with Gasteiger partial charge in [0.1, 0.15) is 11.5 Å². The van der Waals surface area contributed by atoms with Gasteiger partial charge in [-0.3, -0.25) is 4.57 Å². The van der Waals surface area contributed by atoms with E-state index in [1.54, 1.807) is 17.9 Å². The first kappa shape index (κ1) is 13.9. The second-order valence-electron chi connectivity index (χ2n) is 4.63. The van der Waals surface area contributed by atoms with Crippen LogP contribution in [0.4, 0.5) is 5.82 Å². The van der Waals surface area contributed by atoms with Gasteiger partial charge in [0.15, 0.2) is 17.0 Å². The lowest BCUT2D eigenvalue weighted by Crippen LogP contribution is -2.30. The molecule has 0 aliphatic carbocycles. The van der Waals surface area contributed by atoms with Crippen LogP contribution in [0.3, 0.4) is 0 Å². The number of imidazole rings is 1. The number of nitrogens with zero attached hydrogens (tertiary/aromatic N) is 4. The summed E-state index contributed by atoms with van der Waals surface area (Å²) in [4.78, 5) is 12.5. The predicted octanol–water partition coefficient (Wildman–Crippen LogP) is 0.877. The SMILES string of the molecule is CNc1nc(Cl)nc2c1ncn2[C@H]1S[C@@H](C)[C@@H](O)[C@H]1O. The summed E-state index contributed by atoms with van der Waals surface area (Å²) >= 11 is 7.38. The zero-order chi connectivity index (χ0) is 14.4. The maximum atomic E-state index is 10.1. The molecule has 2 aromatic rings. The number of aromatic nitrogens is 4. The van der Waals surface area contributed by atoms with Crippen molar-refractivity contribution < 1.29 is 10.2 Å². The molecule has 0 radical (unpaired) electrons. The number of rotatable bonds is 2. The maximum absolute atomic E-state index is 10.1. The summed E-state index contributed by atoms with van der Waals surface area (Å²) in [6.07, 6.45) is -0.0648. The fourth-order valence-corrected chi connectivity index (χ4v) is 3.84. The monoisotopic (exact) mass is 315 g/mol. The predicted molar refractivity (Wildman–Crippen MR) is 78.0 cm³/mol. The first-order valence-corrected chi connectivity index (χ1v) is 7.44. The second-order valence-corrected chi connectivity index (χ2v) is 6.47. The molecule has 7 nitrogen and oxygen atoms in total. The van der Waals surface area contributed by atoms with Crippen LogP contribution in [-0.4, -0.2) is 54.2 Å². The van der Waals surface area contributed by atoms with E-state index in [1.165, 1.54) is 11.8 Å². The highest BCUT2D eigenvalue weighted by Crippen LogP contribution is 2.42. The second kappa shape index (κ2) is 5.03. The van der Waals surface area contributed by atoms with Crippen molar-refractivity contribution in [3.8, 4) is 0 Å². The summed E-state index contributed by atoms with van der Waals surface area (Å²) in [5, 5.41) is 22.6. The van der Waals surface area contributed by atoms with Crippen LogP contribution >= 0.6 is 23.4 Å². The molecule has 108 valence electrons. The summed E-state index contributed by atoms with van der Waals surface area (Å²) in [7, 11) is 1.72. The number of aliphatic hydroxyl groups excluding tert-OH is 2. The quantitative estimate of drug-likeness (QED) is 0.708. The van der Waals surface area contributed by atoms with Gasteiger partial charge in [0.2, 0.25) is 5.28 Å².